The minimum absolute atomic E-state index is 0.0554. The van der Waals surface area contributed by atoms with Gasteiger partial charge in [0, 0.05) is 38.3 Å². The number of nitrogens with zero attached hydrogens (tertiary/aromatic N) is 2. The topological polar surface area (TPSA) is 63.0 Å². The predicted octanol–water partition coefficient (Wildman–Crippen LogP) is 2.61. The van der Waals surface area contributed by atoms with E-state index < -0.39 is 0 Å². The van der Waals surface area contributed by atoms with E-state index in [2.05, 4.69) is 0 Å². The molecule has 0 radical (unpaired) electrons. The zero-order valence-corrected chi connectivity index (χ0v) is 15.4. The maximum absolute atomic E-state index is 12.5. The summed E-state index contributed by atoms with van der Waals surface area (Å²) in [4.78, 5) is 28.4. The molecular weight excluding hydrogens is 356 g/mol. The lowest BCUT2D eigenvalue weighted by atomic mass is 10.1. The summed E-state index contributed by atoms with van der Waals surface area (Å²) >= 11 is 5.86. The number of rotatable bonds is 5. The van der Waals surface area contributed by atoms with Gasteiger partial charge < -0.3 is 19.0 Å². The molecule has 1 aromatic carbocycles. The van der Waals surface area contributed by atoms with Crippen molar-refractivity contribution in [1.82, 2.24) is 9.80 Å². The van der Waals surface area contributed by atoms with Gasteiger partial charge in [-0.15, -0.1) is 0 Å². The van der Waals surface area contributed by atoms with Crippen LogP contribution in [-0.4, -0.2) is 54.9 Å². The molecule has 0 aliphatic carbocycles. The molecule has 2 amide bonds. The Labute approximate surface area is 157 Å². The van der Waals surface area contributed by atoms with Gasteiger partial charge in [-0.3, -0.25) is 9.59 Å². The molecule has 0 bridgehead atoms. The maximum Gasteiger partial charge on any atom is 0.289 e. The first-order valence-electron chi connectivity index (χ1n) is 8.46. The van der Waals surface area contributed by atoms with Gasteiger partial charge in [-0.05, 0) is 29.8 Å². The Bertz CT molecular complexity index is 764. The van der Waals surface area contributed by atoms with E-state index in [0.29, 0.717) is 55.7 Å². The second kappa shape index (κ2) is 8.38. The molecule has 1 aromatic heterocycles. The monoisotopic (exact) mass is 376 g/mol. The lowest BCUT2D eigenvalue weighted by molar-refractivity contribution is -0.131. The van der Waals surface area contributed by atoms with Crippen LogP contribution in [0.2, 0.25) is 5.02 Å². The van der Waals surface area contributed by atoms with Crippen molar-refractivity contribution in [3.8, 4) is 0 Å². The third-order valence-corrected chi connectivity index (χ3v) is 4.60. The van der Waals surface area contributed by atoms with Crippen molar-refractivity contribution in [1.29, 1.82) is 0 Å². The lowest BCUT2D eigenvalue weighted by Gasteiger charge is -2.34. The van der Waals surface area contributed by atoms with Crippen molar-refractivity contribution in [3.05, 3.63) is 58.5 Å². The summed E-state index contributed by atoms with van der Waals surface area (Å²) in [5, 5.41) is 0.653. The fraction of sp³-hybridized carbons (Fsp3) is 0.368. The van der Waals surface area contributed by atoms with Gasteiger partial charge in [0.1, 0.15) is 12.4 Å². The SMILES string of the molecule is COCc1ccc(C(=O)N2CCN(C(=O)Cc3ccc(Cl)cc3)CC2)o1. The summed E-state index contributed by atoms with van der Waals surface area (Å²) in [6.45, 7) is 2.35. The van der Waals surface area contributed by atoms with E-state index in [-0.39, 0.29) is 11.8 Å². The van der Waals surface area contributed by atoms with Crippen LogP contribution in [0.5, 0.6) is 0 Å². The molecule has 26 heavy (non-hydrogen) atoms. The molecular formula is C19H21ClN2O4. The number of piperazine rings is 1. The van der Waals surface area contributed by atoms with Crippen LogP contribution in [-0.2, 0) is 22.6 Å². The largest absolute Gasteiger partial charge is 0.453 e. The molecule has 1 fully saturated rings. The highest BCUT2D eigenvalue weighted by Gasteiger charge is 2.26. The molecule has 0 N–H and O–H groups in total. The Morgan fingerprint density at radius 3 is 2.35 bits per heavy atom. The van der Waals surface area contributed by atoms with Crippen LogP contribution in [0.15, 0.2) is 40.8 Å². The third kappa shape index (κ3) is 4.45. The summed E-state index contributed by atoms with van der Waals surface area (Å²) in [5.74, 6) is 0.822. The Morgan fingerprint density at radius 2 is 1.69 bits per heavy atom. The van der Waals surface area contributed by atoms with Gasteiger partial charge in [0.15, 0.2) is 5.76 Å². The lowest BCUT2D eigenvalue weighted by Crippen LogP contribution is -2.50. The predicted molar refractivity (Wildman–Crippen MR) is 97.1 cm³/mol. The first-order valence-corrected chi connectivity index (χ1v) is 8.84. The minimum Gasteiger partial charge on any atom is -0.453 e. The number of methoxy groups -OCH3 is 1. The first kappa shape index (κ1) is 18.5. The molecule has 1 saturated heterocycles. The van der Waals surface area contributed by atoms with E-state index in [1.807, 2.05) is 12.1 Å². The molecule has 0 unspecified atom stereocenters. The van der Waals surface area contributed by atoms with E-state index in [1.54, 1.807) is 41.2 Å². The smallest absolute Gasteiger partial charge is 0.289 e. The van der Waals surface area contributed by atoms with Gasteiger partial charge in [-0.25, -0.2) is 0 Å². The van der Waals surface area contributed by atoms with Gasteiger partial charge >= 0.3 is 0 Å². The second-order valence-corrected chi connectivity index (χ2v) is 6.61. The molecule has 0 atom stereocenters. The van der Waals surface area contributed by atoms with Gasteiger partial charge in [0.25, 0.3) is 5.91 Å². The van der Waals surface area contributed by atoms with Crippen molar-refractivity contribution in [3.63, 3.8) is 0 Å². The van der Waals surface area contributed by atoms with Crippen LogP contribution in [0.3, 0.4) is 0 Å². The summed E-state index contributed by atoms with van der Waals surface area (Å²) in [6.07, 6.45) is 0.337. The number of hydrogen-bond donors (Lipinski definition) is 0. The second-order valence-electron chi connectivity index (χ2n) is 6.18. The average molecular weight is 377 g/mol. The maximum atomic E-state index is 12.5. The first-order chi connectivity index (χ1) is 12.6. The van der Waals surface area contributed by atoms with E-state index in [0.717, 1.165) is 5.56 Å². The van der Waals surface area contributed by atoms with E-state index in [9.17, 15) is 9.59 Å². The van der Waals surface area contributed by atoms with Crippen molar-refractivity contribution in [2.24, 2.45) is 0 Å². The van der Waals surface area contributed by atoms with E-state index in [1.165, 1.54) is 0 Å². The van der Waals surface area contributed by atoms with Crippen molar-refractivity contribution < 1.29 is 18.7 Å². The number of carbonyl (C=O) groups is 2. The molecule has 2 heterocycles. The number of hydrogen-bond acceptors (Lipinski definition) is 4. The fourth-order valence-corrected chi connectivity index (χ4v) is 3.04. The molecule has 2 aromatic rings. The molecule has 0 spiro atoms. The van der Waals surface area contributed by atoms with Crippen LogP contribution < -0.4 is 0 Å². The van der Waals surface area contributed by atoms with Crippen LogP contribution in [0.25, 0.3) is 0 Å². The van der Waals surface area contributed by atoms with Crippen molar-refractivity contribution in [2.45, 2.75) is 13.0 Å². The molecule has 6 nitrogen and oxygen atoms in total. The fourth-order valence-electron chi connectivity index (χ4n) is 2.92. The Morgan fingerprint density at radius 1 is 1.04 bits per heavy atom. The summed E-state index contributed by atoms with van der Waals surface area (Å²) < 4.78 is 10.5. The number of carbonyl (C=O) groups excluding carboxylic acids is 2. The zero-order valence-electron chi connectivity index (χ0n) is 14.6. The molecule has 3 rings (SSSR count). The Kier molecular flexibility index (Phi) is 5.96. The van der Waals surface area contributed by atoms with Crippen LogP contribution in [0, 0.1) is 0 Å². The quantitative estimate of drug-likeness (QED) is 0.804. The highest BCUT2D eigenvalue weighted by molar-refractivity contribution is 6.30. The van der Waals surface area contributed by atoms with Gasteiger partial charge in [0.05, 0.1) is 6.42 Å². The third-order valence-electron chi connectivity index (χ3n) is 4.35. The number of furan rings is 1. The number of amides is 2. The van der Waals surface area contributed by atoms with Gasteiger partial charge in [-0.2, -0.15) is 0 Å². The highest BCUT2D eigenvalue weighted by Crippen LogP contribution is 2.15. The summed E-state index contributed by atoms with van der Waals surface area (Å²) in [6, 6.07) is 10.7. The number of halogens is 1. The molecule has 138 valence electrons. The van der Waals surface area contributed by atoms with E-state index in [4.69, 9.17) is 20.8 Å². The van der Waals surface area contributed by atoms with Crippen molar-refractivity contribution in [2.75, 3.05) is 33.3 Å². The molecule has 1 aliphatic heterocycles. The normalized spacial score (nSPS) is 14.5. The zero-order chi connectivity index (χ0) is 18.5. The van der Waals surface area contributed by atoms with Crippen LogP contribution in [0.4, 0.5) is 0 Å². The standard InChI is InChI=1S/C19H21ClN2O4/c1-25-13-16-6-7-17(26-16)19(24)22-10-8-21(9-11-22)18(23)12-14-2-4-15(20)5-3-14/h2-7H,8-13H2,1H3. The number of ether oxygens (including phenoxy) is 1. The summed E-state index contributed by atoms with van der Waals surface area (Å²) in [7, 11) is 1.57. The Balaban J connectivity index is 1.52. The van der Waals surface area contributed by atoms with Crippen molar-refractivity contribution >= 4 is 23.4 Å². The highest BCUT2D eigenvalue weighted by atomic mass is 35.5. The van der Waals surface area contributed by atoms with Crippen LogP contribution in [0.1, 0.15) is 21.9 Å². The van der Waals surface area contributed by atoms with E-state index >= 15 is 0 Å². The summed E-state index contributed by atoms with van der Waals surface area (Å²) in [5.41, 5.74) is 0.930. The molecule has 1 aliphatic rings. The van der Waals surface area contributed by atoms with Gasteiger partial charge in [-0.1, -0.05) is 23.7 Å². The van der Waals surface area contributed by atoms with Gasteiger partial charge in [0.2, 0.25) is 5.91 Å². The Hall–Kier alpha value is -2.31. The minimum atomic E-state index is -0.155. The molecule has 0 saturated carbocycles. The van der Waals surface area contributed by atoms with Crippen LogP contribution >= 0.6 is 11.6 Å². The average Bonchev–Trinajstić information content (AvgIpc) is 3.12. The molecule has 7 heteroatoms. The number of benzene rings is 1.